The minimum absolute atomic E-state index is 0.355. The van der Waals surface area contributed by atoms with E-state index in [1.807, 2.05) is 0 Å². The van der Waals surface area contributed by atoms with E-state index in [1.165, 1.54) is 0 Å². The predicted octanol–water partition coefficient (Wildman–Crippen LogP) is 0.332. The highest BCUT2D eigenvalue weighted by molar-refractivity contribution is 7.91. The van der Waals surface area contributed by atoms with Crippen LogP contribution >= 0.6 is 0 Å². The lowest BCUT2D eigenvalue weighted by Crippen LogP contribution is -2.45. The fraction of sp³-hybridized carbons (Fsp3) is 1.00. The summed E-state index contributed by atoms with van der Waals surface area (Å²) in [5.74, 6) is 0.710. The third-order valence-electron chi connectivity index (χ3n) is 3.25. The number of sulfone groups is 1. The molecule has 4 nitrogen and oxygen atoms in total. The van der Waals surface area contributed by atoms with E-state index >= 15 is 0 Å². The monoisotopic (exact) mass is 233 g/mol. The van der Waals surface area contributed by atoms with Crippen molar-refractivity contribution in [2.75, 3.05) is 24.7 Å². The summed E-state index contributed by atoms with van der Waals surface area (Å²) in [6, 6.07) is 0.932. The van der Waals surface area contributed by atoms with Gasteiger partial charge in [-0.1, -0.05) is 0 Å². The molecule has 0 unspecified atom stereocenters. The Morgan fingerprint density at radius 3 is 2.07 bits per heavy atom. The summed E-state index contributed by atoms with van der Waals surface area (Å²) in [5, 5.41) is 3.55. The third kappa shape index (κ3) is 3.43. The molecular formula is C10H19NO3S. The van der Waals surface area contributed by atoms with Gasteiger partial charge in [-0.2, -0.15) is 0 Å². The summed E-state index contributed by atoms with van der Waals surface area (Å²) in [6.45, 7) is 1.67. The number of nitrogens with one attached hydrogen (secondary N) is 1. The summed E-state index contributed by atoms with van der Waals surface area (Å²) >= 11 is 0. The Morgan fingerprint density at radius 1 is 0.933 bits per heavy atom. The molecule has 2 aliphatic heterocycles. The molecule has 0 aliphatic carbocycles. The van der Waals surface area contributed by atoms with Crippen molar-refractivity contribution in [3.8, 4) is 0 Å². The predicted molar refractivity (Wildman–Crippen MR) is 58.7 cm³/mol. The lowest BCUT2D eigenvalue weighted by atomic mass is 10.1. The summed E-state index contributed by atoms with van der Waals surface area (Å²) in [6.07, 6.45) is 3.67. The topological polar surface area (TPSA) is 55.4 Å². The molecule has 2 saturated heterocycles. The molecule has 2 rings (SSSR count). The van der Waals surface area contributed by atoms with Crippen LogP contribution in [0, 0.1) is 0 Å². The highest BCUT2D eigenvalue weighted by Gasteiger charge is 2.25. The van der Waals surface area contributed by atoms with Gasteiger partial charge >= 0.3 is 0 Å². The molecule has 0 spiro atoms. The summed E-state index contributed by atoms with van der Waals surface area (Å²) in [5.41, 5.74) is 0. The molecule has 0 amide bonds. The van der Waals surface area contributed by atoms with Gasteiger partial charge in [0.1, 0.15) is 9.84 Å². The van der Waals surface area contributed by atoms with Crippen molar-refractivity contribution in [3.05, 3.63) is 0 Å². The quantitative estimate of drug-likeness (QED) is 0.747. The molecule has 0 aromatic rings. The van der Waals surface area contributed by atoms with Crippen LogP contribution in [0.5, 0.6) is 0 Å². The first-order chi connectivity index (χ1) is 7.16. The number of ether oxygens (including phenoxy) is 1. The largest absolute Gasteiger partial charge is 0.381 e. The Labute approximate surface area is 91.3 Å². The second-order valence-electron chi connectivity index (χ2n) is 4.48. The Morgan fingerprint density at radius 2 is 1.47 bits per heavy atom. The fourth-order valence-electron chi connectivity index (χ4n) is 2.25. The van der Waals surface area contributed by atoms with E-state index in [2.05, 4.69) is 5.32 Å². The van der Waals surface area contributed by atoms with E-state index in [4.69, 9.17) is 4.74 Å². The van der Waals surface area contributed by atoms with E-state index in [1.54, 1.807) is 0 Å². The van der Waals surface area contributed by atoms with Gasteiger partial charge in [0.2, 0.25) is 0 Å². The average Bonchev–Trinajstić information content (AvgIpc) is 2.23. The Bertz CT molecular complexity index is 282. The summed E-state index contributed by atoms with van der Waals surface area (Å²) in [7, 11) is -2.72. The highest BCUT2D eigenvalue weighted by atomic mass is 32.2. The zero-order chi connectivity index (χ0) is 10.7. The zero-order valence-corrected chi connectivity index (χ0v) is 9.76. The molecule has 2 aliphatic rings. The molecule has 88 valence electrons. The molecule has 0 aromatic heterocycles. The van der Waals surface area contributed by atoms with Crippen molar-refractivity contribution in [2.24, 2.45) is 0 Å². The highest BCUT2D eigenvalue weighted by Crippen LogP contribution is 2.15. The maximum Gasteiger partial charge on any atom is 0.150 e. The second kappa shape index (κ2) is 4.80. The van der Waals surface area contributed by atoms with Crippen molar-refractivity contribution >= 4 is 9.84 Å². The van der Waals surface area contributed by atoms with Gasteiger partial charge in [0.05, 0.1) is 11.5 Å². The molecule has 0 saturated carbocycles. The molecule has 2 fully saturated rings. The minimum atomic E-state index is -2.72. The van der Waals surface area contributed by atoms with Crippen molar-refractivity contribution < 1.29 is 13.2 Å². The first-order valence-electron chi connectivity index (χ1n) is 5.70. The molecule has 0 aromatic carbocycles. The van der Waals surface area contributed by atoms with Crippen molar-refractivity contribution in [1.29, 1.82) is 0 Å². The SMILES string of the molecule is O=S1(=O)CCC(NC2CCOCC2)CC1. The summed E-state index contributed by atoms with van der Waals surface area (Å²) in [4.78, 5) is 0. The molecular weight excluding hydrogens is 214 g/mol. The van der Waals surface area contributed by atoms with Crippen LogP contribution < -0.4 is 5.32 Å². The third-order valence-corrected chi connectivity index (χ3v) is 4.96. The van der Waals surface area contributed by atoms with Gasteiger partial charge in [0.25, 0.3) is 0 Å². The first kappa shape index (κ1) is 11.4. The van der Waals surface area contributed by atoms with Crippen LogP contribution in [0.4, 0.5) is 0 Å². The number of rotatable bonds is 2. The van der Waals surface area contributed by atoms with Gasteiger partial charge in [-0.3, -0.25) is 0 Å². The van der Waals surface area contributed by atoms with E-state index in [0.717, 1.165) is 38.9 Å². The first-order valence-corrected chi connectivity index (χ1v) is 7.52. The van der Waals surface area contributed by atoms with Crippen LogP contribution in [0.15, 0.2) is 0 Å². The van der Waals surface area contributed by atoms with Gasteiger partial charge in [0.15, 0.2) is 0 Å². The van der Waals surface area contributed by atoms with Gasteiger partial charge in [-0.15, -0.1) is 0 Å². The van der Waals surface area contributed by atoms with Crippen LogP contribution in [0.2, 0.25) is 0 Å². The molecule has 1 N–H and O–H groups in total. The van der Waals surface area contributed by atoms with Crippen LogP contribution in [0.25, 0.3) is 0 Å². The average molecular weight is 233 g/mol. The number of hydrogen-bond donors (Lipinski definition) is 1. The molecule has 0 atom stereocenters. The minimum Gasteiger partial charge on any atom is -0.381 e. The van der Waals surface area contributed by atoms with Crippen LogP contribution in [0.1, 0.15) is 25.7 Å². The van der Waals surface area contributed by atoms with Crippen molar-refractivity contribution in [3.63, 3.8) is 0 Å². The normalized spacial score (nSPS) is 29.1. The fourth-order valence-corrected chi connectivity index (χ4v) is 3.75. The summed E-state index contributed by atoms with van der Waals surface area (Å²) < 4.78 is 27.8. The number of hydrogen-bond acceptors (Lipinski definition) is 4. The lowest BCUT2D eigenvalue weighted by molar-refractivity contribution is 0.0744. The second-order valence-corrected chi connectivity index (χ2v) is 6.78. The van der Waals surface area contributed by atoms with Gasteiger partial charge in [-0.25, -0.2) is 8.42 Å². The Balaban J connectivity index is 1.76. The Kier molecular flexibility index (Phi) is 3.64. The van der Waals surface area contributed by atoms with Gasteiger partial charge < -0.3 is 10.1 Å². The van der Waals surface area contributed by atoms with Crippen molar-refractivity contribution in [1.82, 2.24) is 5.32 Å². The van der Waals surface area contributed by atoms with E-state index in [-0.39, 0.29) is 0 Å². The molecule has 15 heavy (non-hydrogen) atoms. The van der Waals surface area contributed by atoms with Crippen molar-refractivity contribution in [2.45, 2.75) is 37.8 Å². The maximum absolute atomic E-state index is 11.2. The van der Waals surface area contributed by atoms with E-state index in [0.29, 0.717) is 23.6 Å². The molecule has 2 heterocycles. The molecule has 0 radical (unpaired) electrons. The van der Waals surface area contributed by atoms with Crippen LogP contribution in [-0.2, 0) is 14.6 Å². The molecule has 0 bridgehead atoms. The van der Waals surface area contributed by atoms with Crippen LogP contribution in [0.3, 0.4) is 0 Å². The Hall–Kier alpha value is -0.130. The van der Waals surface area contributed by atoms with E-state index in [9.17, 15) is 8.42 Å². The molecule has 5 heteroatoms. The van der Waals surface area contributed by atoms with Crippen LogP contribution in [-0.4, -0.2) is 45.2 Å². The maximum atomic E-state index is 11.2. The van der Waals surface area contributed by atoms with E-state index < -0.39 is 9.84 Å². The standard InChI is InChI=1S/C10H19NO3S/c12-15(13)7-3-10(4-8-15)11-9-1-5-14-6-2-9/h9-11H,1-8H2. The lowest BCUT2D eigenvalue weighted by Gasteiger charge is -2.30. The smallest absolute Gasteiger partial charge is 0.150 e. The van der Waals surface area contributed by atoms with Gasteiger partial charge in [0, 0.05) is 25.3 Å². The zero-order valence-electron chi connectivity index (χ0n) is 8.94. The van der Waals surface area contributed by atoms with Gasteiger partial charge in [-0.05, 0) is 25.7 Å².